The van der Waals surface area contributed by atoms with Crippen LogP contribution in [0.15, 0.2) is 42.6 Å². The minimum Gasteiger partial charge on any atom is -0.486 e. The van der Waals surface area contributed by atoms with Gasteiger partial charge in [-0.25, -0.2) is 9.37 Å². The number of carbonyl (C=O) groups excluding carboxylic acids is 1. The topological polar surface area (TPSA) is 69.7 Å². The van der Waals surface area contributed by atoms with Crippen molar-refractivity contribution in [2.45, 2.75) is 18.6 Å². The molecule has 1 amide bonds. The summed E-state index contributed by atoms with van der Waals surface area (Å²) >= 11 is 0. The van der Waals surface area contributed by atoms with Crippen molar-refractivity contribution < 1.29 is 23.4 Å². The van der Waals surface area contributed by atoms with Crippen LogP contribution >= 0.6 is 0 Å². The summed E-state index contributed by atoms with van der Waals surface area (Å²) in [6, 6.07) is 8.92. The van der Waals surface area contributed by atoms with Crippen molar-refractivity contribution in [2.24, 2.45) is 0 Å². The highest BCUT2D eigenvalue weighted by Crippen LogP contribution is 2.19. The van der Waals surface area contributed by atoms with Crippen LogP contribution in [0, 0.1) is 5.82 Å². The van der Waals surface area contributed by atoms with Gasteiger partial charge in [-0.05, 0) is 24.6 Å². The molecule has 0 spiro atoms. The van der Waals surface area contributed by atoms with E-state index in [0.717, 1.165) is 0 Å². The highest BCUT2D eigenvalue weighted by Gasteiger charge is 2.29. The predicted molar refractivity (Wildman–Crippen MR) is 88.3 cm³/mol. The largest absolute Gasteiger partial charge is 0.486 e. The lowest BCUT2D eigenvalue weighted by atomic mass is 10.1. The number of halogens is 1. The molecule has 0 radical (unpaired) electrons. The number of nitrogens with one attached hydrogen (secondary N) is 1. The zero-order valence-corrected chi connectivity index (χ0v) is 13.8. The summed E-state index contributed by atoms with van der Waals surface area (Å²) < 4.78 is 29.5. The number of carbonyl (C=O) groups is 1. The summed E-state index contributed by atoms with van der Waals surface area (Å²) in [4.78, 5) is 16.4. The molecule has 6 nitrogen and oxygen atoms in total. The first-order valence-corrected chi connectivity index (χ1v) is 7.96. The lowest BCUT2D eigenvalue weighted by Gasteiger charge is -2.32. The Morgan fingerprint density at radius 2 is 2.24 bits per heavy atom. The van der Waals surface area contributed by atoms with E-state index in [2.05, 4.69) is 10.3 Å². The molecule has 1 aromatic heterocycles. The lowest BCUT2D eigenvalue weighted by Crippen LogP contribution is -2.51. The molecule has 0 unspecified atom stereocenters. The van der Waals surface area contributed by atoms with Crippen LogP contribution in [0.2, 0.25) is 0 Å². The number of nitrogens with zero attached hydrogens (tertiary/aromatic N) is 1. The molecule has 1 fully saturated rings. The molecule has 2 heterocycles. The maximum absolute atomic E-state index is 13.3. The van der Waals surface area contributed by atoms with Crippen molar-refractivity contribution in [3.63, 3.8) is 0 Å². The SMILES string of the molecule is COc1ccc(C(=O)N[C@@H]2CCOC[C@H]2Oc2cccc(F)c2)cn1. The van der Waals surface area contributed by atoms with Gasteiger partial charge in [0.1, 0.15) is 17.7 Å². The Morgan fingerprint density at radius 1 is 1.36 bits per heavy atom. The molecule has 25 heavy (non-hydrogen) atoms. The number of pyridine rings is 1. The third-order valence-electron chi connectivity index (χ3n) is 3.91. The molecule has 1 aromatic carbocycles. The molecule has 0 aliphatic carbocycles. The number of hydrogen-bond acceptors (Lipinski definition) is 5. The molecule has 3 rings (SSSR count). The molecule has 1 saturated heterocycles. The molecule has 7 heteroatoms. The van der Waals surface area contributed by atoms with Gasteiger partial charge in [0, 0.05) is 24.9 Å². The van der Waals surface area contributed by atoms with Gasteiger partial charge in [0.2, 0.25) is 5.88 Å². The highest BCUT2D eigenvalue weighted by atomic mass is 19.1. The van der Waals surface area contributed by atoms with Gasteiger partial charge in [0.05, 0.1) is 25.3 Å². The molecule has 0 bridgehead atoms. The Morgan fingerprint density at radius 3 is 2.96 bits per heavy atom. The highest BCUT2D eigenvalue weighted by molar-refractivity contribution is 5.94. The minimum atomic E-state index is -0.397. The number of methoxy groups -OCH3 is 1. The fraction of sp³-hybridized carbons (Fsp3) is 0.333. The van der Waals surface area contributed by atoms with Gasteiger partial charge in [-0.15, -0.1) is 0 Å². The van der Waals surface area contributed by atoms with Gasteiger partial charge in [-0.2, -0.15) is 0 Å². The van der Waals surface area contributed by atoms with Crippen LogP contribution in [0.4, 0.5) is 4.39 Å². The summed E-state index contributed by atoms with van der Waals surface area (Å²) in [6.07, 6.45) is 1.66. The van der Waals surface area contributed by atoms with Crippen molar-refractivity contribution in [1.29, 1.82) is 0 Å². The van der Waals surface area contributed by atoms with Gasteiger partial charge < -0.3 is 19.5 Å². The average Bonchev–Trinajstić information content (AvgIpc) is 2.63. The minimum absolute atomic E-state index is 0.244. The Bertz CT molecular complexity index is 723. The fourth-order valence-electron chi connectivity index (χ4n) is 2.60. The number of rotatable bonds is 5. The van der Waals surface area contributed by atoms with Crippen LogP contribution in [0.1, 0.15) is 16.8 Å². The van der Waals surface area contributed by atoms with E-state index in [4.69, 9.17) is 14.2 Å². The summed E-state index contributed by atoms with van der Waals surface area (Å²) in [5, 5.41) is 2.94. The molecule has 1 aliphatic rings. The van der Waals surface area contributed by atoms with E-state index >= 15 is 0 Å². The van der Waals surface area contributed by atoms with Crippen LogP contribution in [-0.4, -0.2) is 43.4 Å². The van der Waals surface area contributed by atoms with Crippen molar-refractivity contribution in [3.8, 4) is 11.6 Å². The van der Waals surface area contributed by atoms with Gasteiger partial charge in [0.25, 0.3) is 5.91 Å². The number of benzene rings is 1. The van der Waals surface area contributed by atoms with Gasteiger partial charge in [-0.3, -0.25) is 4.79 Å². The molecule has 2 aromatic rings. The normalized spacial score (nSPS) is 19.9. The van der Waals surface area contributed by atoms with Crippen molar-refractivity contribution in [1.82, 2.24) is 10.3 Å². The van der Waals surface area contributed by atoms with Gasteiger partial charge in [-0.1, -0.05) is 6.07 Å². The van der Waals surface area contributed by atoms with E-state index in [1.54, 1.807) is 24.3 Å². The van der Waals surface area contributed by atoms with E-state index in [0.29, 0.717) is 36.8 Å². The smallest absolute Gasteiger partial charge is 0.253 e. The summed E-state index contributed by atoms with van der Waals surface area (Å²) in [6.45, 7) is 0.844. The average molecular weight is 346 g/mol. The maximum atomic E-state index is 13.3. The molecular weight excluding hydrogens is 327 g/mol. The zero-order chi connectivity index (χ0) is 17.6. The number of hydrogen-bond donors (Lipinski definition) is 1. The van der Waals surface area contributed by atoms with E-state index in [1.165, 1.54) is 25.4 Å². The van der Waals surface area contributed by atoms with Crippen LogP contribution < -0.4 is 14.8 Å². The third-order valence-corrected chi connectivity index (χ3v) is 3.91. The molecule has 1 N–H and O–H groups in total. The fourth-order valence-corrected chi connectivity index (χ4v) is 2.60. The Labute approximate surface area is 144 Å². The lowest BCUT2D eigenvalue weighted by molar-refractivity contribution is -0.0136. The number of amides is 1. The number of aromatic nitrogens is 1. The second kappa shape index (κ2) is 7.94. The van der Waals surface area contributed by atoms with Crippen LogP contribution in [0.5, 0.6) is 11.6 Å². The van der Waals surface area contributed by atoms with E-state index < -0.39 is 6.10 Å². The van der Waals surface area contributed by atoms with Crippen LogP contribution in [0.3, 0.4) is 0 Å². The monoisotopic (exact) mass is 346 g/mol. The second-order valence-electron chi connectivity index (χ2n) is 5.65. The van der Waals surface area contributed by atoms with Crippen molar-refractivity contribution in [3.05, 3.63) is 54.0 Å². The molecular formula is C18H19FN2O4. The molecule has 0 saturated carbocycles. The maximum Gasteiger partial charge on any atom is 0.253 e. The number of ether oxygens (including phenoxy) is 3. The molecule has 2 atom stereocenters. The first kappa shape index (κ1) is 17.2. The van der Waals surface area contributed by atoms with Gasteiger partial charge >= 0.3 is 0 Å². The zero-order valence-electron chi connectivity index (χ0n) is 13.8. The van der Waals surface area contributed by atoms with Crippen LogP contribution in [-0.2, 0) is 4.74 Å². The van der Waals surface area contributed by atoms with Crippen LogP contribution in [0.25, 0.3) is 0 Å². The molecule has 132 valence electrons. The summed E-state index contributed by atoms with van der Waals surface area (Å²) in [5.41, 5.74) is 0.428. The predicted octanol–water partition coefficient (Wildman–Crippen LogP) is 2.20. The second-order valence-corrected chi connectivity index (χ2v) is 5.65. The Balaban J connectivity index is 1.66. The standard InChI is InChI=1S/C18H19FN2O4/c1-23-17-6-5-12(10-20-17)18(22)21-15-7-8-24-11-16(15)25-14-4-2-3-13(19)9-14/h2-6,9-10,15-16H,7-8,11H2,1H3,(H,21,22)/t15-,16-/m1/s1. The van der Waals surface area contributed by atoms with Gasteiger partial charge in [0.15, 0.2) is 0 Å². The van der Waals surface area contributed by atoms with E-state index in [9.17, 15) is 9.18 Å². The Hall–Kier alpha value is -2.67. The van der Waals surface area contributed by atoms with Crippen molar-refractivity contribution in [2.75, 3.05) is 20.3 Å². The van der Waals surface area contributed by atoms with E-state index in [1.807, 2.05) is 0 Å². The molecule has 1 aliphatic heterocycles. The summed E-state index contributed by atoms with van der Waals surface area (Å²) in [7, 11) is 1.51. The third kappa shape index (κ3) is 4.45. The van der Waals surface area contributed by atoms with E-state index in [-0.39, 0.29) is 17.8 Å². The Kier molecular flexibility index (Phi) is 5.45. The summed E-state index contributed by atoms with van der Waals surface area (Å²) in [5.74, 6) is 0.213. The first-order chi connectivity index (χ1) is 12.2. The van der Waals surface area contributed by atoms with Crippen molar-refractivity contribution >= 4 is 5.91 Å². The quantitative estimate of drug-likeness (QED) is 0.899. The first-order valence-electron chi connectivity index (χ1n) is 7.96.